The number of amides is 1. The number of carbonyl (C=O) groups is 1. The molecule has 0 aliphatic heterocycles. The van der Waals surface area contributed by atoms with E-state index in [9.17, 15) is 4.79 Å². The second kappa shape index (κ2) is 8.39. The predicted octanol–water partition coefficient (Wildman–Crippen LogP) is 3.22. The fourth-order valence-corrected chi connectivity index (χ4v) is 4.09. The van der Waals surface area contributed by atoms with Gasteiger partial charge in [0.2, 0.25) is 5.91 Å². The quantitative estimate of drug-likeness (QED) is 0.641. The summed E-state index contributed by atoms with van der Waals surface area (Å²) < 4.78 is 1.78. The van der Waals surface area contributed by atoms with Gasteiger partial charge >= 0.3 is 0 Å². The second-order valence-corrected chi connectivity index (χ2v) is 7.81. The second-order valence-electron chi connectivity index (χ2n) is 6.76. The lowest BCUT2D eigenvalue weighted by Crippen LogP contribution is -2.24. The van der Waals surface area contributed by atoms with Crippen LogP contribution >= 0.6 is 11.8 Å². The van der Waals surface area contributed by atoms with Crippen molar-refractivity contribution in [3.63, 3.8) is 0 Å². The molecule has 1 aliphatic rings. The van der Waals surface area contributed by atoms with E-state index in [1.807, 2.05) is 12.1 Å². The Bertz CT molecular complexity index is 906. The van der Waals surface area contributed by atoms with Gasteiger partial charge in [-0.15, -0.1) is 11.8 Å². The molecule has 0 bridgehead atoms. The van der Waals surface area contributed by atoms with Gasteiger partial charge in [0.15, 0.2) is 0 Å². The van der Waals surface area contributed by atoms with Gasteiger partial charge in [-0.3, -0.25) is 4.79 Å². The molecule has 4 rings (SSSR count). The maximum absolute atomic E-state index is 12.2. The zero-order valence-corrected chi connectivity index (χ0v) is 15.9. The lowest BCUT2D eigenvalue weighted by molar-refractivity contribution is -0.118. The van der Waals surface area contributed by atoms with E-state index >= 15 is 0 Å². The molecule has 3 aromatic rings. The molecule has 0 spiro atoms. The highest BCUT2D eigenvalue weighted by atomic mass is 32.2. The summed E-state index contributed by atoms with van der Waals surface area (Å²) in [4.78, 5) is 17.3. The van der Waals surface area contributed by atoms with Gasteiger partial charge in [-0.25, -0.2) is 9.67 Å². The summed E-state index contributed by atoms with van der Waals surface area (Å²) >= 11 is 1.61. The van der Waals surface area contributed by atoms with Crippen LogP contribution in [0.5, 0.6) is 0 Å². The summed E-state index contributed by atoms with van der Waals surface area (Å²) in [5, 5.41) is 7.10. The molecule has 1 aromatic heterocycles. The summed E-state index contributed by atoms with van der Waals surface area (Å²) in [6.07, 6.45) is 6.85. The molecule has 1 amide bonds. The lowest BCUT2D eigenvalue weighted by atomic mass is 10.1. The molecule has 0 atom stereocenters. The topological polar surface area (TPSA) is 59.8 Å². The largest absolute Gasteiger partial charge is 0.351 e. The van der Waals surface area contributed by atoms with E-state index in [4.69, 9.17) is 0 Å². The Balaban J connectivity index is 1.23. The molecular weight excluding hydrogens is 356 g/mol. The first-order chi connectivity index (χ1) is 13.3. The number of aryl methyl sites for hydroxylation is 2. The first kappa shape index (κ1) is 17.8. The Labute approximate surface area is 163 Å². The Morgan fingerprint density at radius 2 is 1.89 bits per heavy atom. The summed E-state index contributed by atoms with van der Waals surface area (Å²) in [7, 11) is 0. The molecule has 1 N–H and O–H groups in total. The van der Waals surface area contributed by atoms with Crippen molar-refractivity contribution in [1.82, 2.24) is 20.1 Å². The van der Waals surface area contributed by atoms with Crippen molar-refractivity contribution in [1.29, 1.82) is 0 Å². The van der Waals surface area contributed by atoms with E-state index in [1.54, 1.807) is 22.8 Å². The van der Waals surface area contributed by atoms with Crippen molar-refractivity contribution in [2.75, 3.05) is 5.75 Å². The van der Waals surface area contributed by atoms with Gasteiger partial charge in [-0.05, 0) is 53.6 Å². The van der Waals surface area contributed by atoms with Gasteiger partial charge in [-0.2, -0.15) is 5.10 Å². The van der Waals surface area contributed by atoms with Crippen LogP contribution < -0.4 is 5.32 Å². The number of nitrogens with zero attached hydrogens (tertiary/aromatic N) is 3. The maximum Gasteiger partial charge on any atom is 0.230 e. The summed E-state index contributed by atoms with van der Waals surface area (Å²) in [5.41, 5.74) is 5.17. The van der Waals surface area contributed by atoms with Crippen LogP contribution in [0.4, 0.5) is 0 Å². The molecule has 0 saturated carbocycles. The molecule has 2 aromatic carbocycles. The van der Waals surface area contributed by atoms with Crippen molar-refractivity contribution in [2.24, 2.45) is 0 Å². The number of rotatable bonds is 7. The SMILES string of the molecule is O=C(CSc1ccc2c(c1)CCC2)NCc1ccc(Cn2cncn2)cc1. The number of hydrogen-bond donors (Lipinski definition) is 1. The third-order valence-electron chi connectivity index (χ3n) is 4.76. The highest BCUT2D eigenvalue weighted by molar-refractivity contribution is 8.00. The van der Waals surface area contributed by atoms with Crippen molar-refractivity contribution >= 4 is 17.7 Å². The monoisotopic (exact) mass is 378 g/mol. The van der Waals surface area contributed by atoms with Crippen LogP contribution in [0, 0.1) is 0 Å². The summed E-state index contributed by atoms with van der Waals surface area (Å²) in [5.74, 6) is 0.510. The minimum absolute atomic E-state index is 0.0622. The number of benzene rings is 2. The number of nitrogens with one attached hydrogen (secondary N) is 1. The third kappa shape index (κ3) is 4.77. The molecule has 0 saturated heterocycles. The minimum Gasteiger partial charge on any atom is -0.351 e. The van der Waals surface area contributed by atoms with Crippen LogP contribution in [0.3, 0.4) is 0 Å². The van der Waals surface area contributed by atoms with E-state index < -0.39 is 0 Å². The number of carbonyl (C=O) groups excluding carboxylic acids is 1. The van der Waals surface area contributed by atoms with Gasteiger partial charge in [0.05, 0.1) is 12.3 Å². The zero-order chi connectivity index (χ0) is 18.5. The Morgan fingerprint density at radius 3 is 2.70 bits per heavy atom. The fourth-order valence-electron chi connectivity index (χ4n) is 3.30. The molecule has 6 heteroatoms. The zero-order valence-electron chi connectivity index (χ0n) is 15.1. The summed E-state index contributed by atoms with van der Waals surface area (Å²) in [6, 6.07) is 14.8. The molecule has 1 aliphatic carbocycles. The van der Waals surface area contributed by atoms with Crippen molar-refractivity contribution in [3.8, 4) is 0 Å². The van der Waals surface area contributed by atoms with Crippen LogP contribution in [-0.4, -0.2) is 26.4 Å². The minimum atomic E-state index is 0.0622. The predicted molar refractivity (Wildman–Crippen MR) is 107 cm³/mol. The van der Waals surface area contributed by atoms with E-state index in [2.05, 4.69) is 45.7 Å². The summed E-state index contributed by atoms with van der Waals surface area (Å²) in [6.45, 7) is 1.25. The van der Waals surface area contributed by atoms with Crippen LogP contribution in [0.2, 0.25) is 0 Å². The van der Waals surface area contributed by atoms with Crippen LogP contribution in [0.25, 0.3) is 0 Å². The highest BCUT2D eigenvalue weighted by Crippen LogP contribution is 2.27. The molecule has 0 radical (unpaired) electrons. The Morgan fingerprint density at radius 1 is 1.07 bits per heavy atom. The smallest absolute Gasteiger partial charge is 0.230 e. The number of thioether (sulfide) groups is 1. The Hall–Kier alpha value is -2.60. The average molecular weight is 379 g/mol. The molecule has 138 valence electrons. The standard InChI is InChI=1S/C21H22N4OS/c26-21(13-27-20-9-8-18-2-1-3-19(18)10-20)23-11-16-4-6-17(7-5-16)12-25-15-22-14-24-25/h4-10,14-15H,1-3,11-13H2,(H,23,26). The molecule has 0 fully saturated rings. The van der Waals surface area contributed by atoms with Crippen LogP contribution in [-0.2, 0) is 30.7 Å². The van der Waals surface area contributed by atoms with Gasteiger partial charge < -0.3 is 5.32 Å². The molecular formula is C21H22N4OS. The lowest BCUT2D eigenvalue weighted by Gasteiger charge is -2.08. The molecule has 1 heterocycles. The maximum atomic E-state index is 12.2. The van der Waals surface area contributed by atoms with Gasteiger partial charge in [0.25, 0.3) is 0 Å². The van der Waals surface area contributed by atoms with E-state index in [1.165, 1.54) is 41.6 Å². The van der Waals surface area contributed by atoms with E-state index in [0.717, 1.165) is 11.1 Å². The highest BCUT2D eigenvalue weighted by Gasteiger charge is 2.11. The van der Waals surface area contributed by atoms with Gasteiger partial charge in [-0.1, -0.05) is 30.3 Å². The Kier molecular flexibility index (Phi) is 5.53. The molecule has 5 nitrogen and oxygen atoms in total. The van der Waals surface area contributed by atoms with Crippen molar-refractivity contribution < 1.29 is 4.79 Å². The fraction of sp³-hybridized carbons (Fsp3) is 0.286. The normalized spacial score (nSPS) is 12.7. The van der Waals surface area contributed by atoms with Gasteiger partial charge in [0.1, 0.15) is 12.7 Å². The first-order valence-electron chi connectivity index (χ1n) is 9.18. The van der Waals surface area contributed by atoms with Crippen molar-refractivity contribution in [3.05, 3.63) is 77.4 Å². The number of aromatic nitrogens is 3. The third-order valence-corrected chi connectivity index (χ3v) is 5.76. The molecule has 27 heavy (non-hydrogen) atoms. The number of hydrogen-bond acceptors (Lipinski definition) is 4. The average Bonchev–Trinajstić information content (AvgIpc) is 3.37. The first-order valence-corrected chi connectivity index (χ1v) is 10.2. The van der Waals surface area contributed by atoms with Crippen molar-refractivity contribution in [2.45, 2.75) is 37.2 Å². The van der Waals surface area contributed by atoms with Gasteiger partial charge in [0, 0.05) is 11.4 Å². The number of fused-ring (bicyclic) bond motifs is 1. The van der Waals surface area contributed by atoms with Crippen LogP contribution in [0.15, 0.2) is 60.0 Å². The molecule has 0 unspecified atom stereocenters. The van der Waals surface area contributed by atoms with E-state index in [-0.39, 0.29) is 5.91 Å². The van der Waals surface area contributed by atoms with Crippen LogP contribution in [0.1, 0.15) is 28.7 Å². The van der Waals surface area contributed by atoms with E-state index in [0.29, 0.717) is 18.8 Å².